The number of nitrogen functional groups attached to an aromatic ring is 1. The normalized spacial score (nSPS) is 21.5. The van der Waals surface area contributed by atoms with Crippen LogP contribution in [0.2, 0.25) is 0 Å². The largest absolute Gasteiger partial charge is 0.494 e. The third kappa shape index (κ3) is 2.15. The number of piperidine rings is 1. The lowest BCUT2D eigenvalue weighted by atomic mass is 9.95. The number of ether oxygens (including phenoxy) is 1. The number of nitrogens with two attached hydrogens (primary N) is 1. The molecule has 3 heterocycles. The van der Waals surface area contributed by atoms with Crippen molar-refractivity contribution in [1.82, 2.24) is 24.9 Å². The van der Waals surface area contributed by atoms with E-state index in [9.17, 15) is 4.39 Å². The molecule has 2 aromatic heterocycles. The highest BCUT2D eigenvalue weighted by Crippen LogP contribution is 2.33. The molecule has 1 unspecified atom stereocenters. The topological polar surface area (TPSA) is 90.4 Å². The summed E-state index contributed by atoms with van der Waals surface area (Å²) in [6.45, 7) is 0.890. The summed E-state index contributed by atoms with van der Waals surface area (Å²) < 4.78 is 35.4. The molecule has 0 bridgehead atoms. The molecule has 0 aliphatic carbocycles. The van der Waals surface area contributed by atoms with E-state index in [4.69, 9.17) is 10.5 Å². The maximum absolute atomic E-state index is 15.1. The minimum atomic E-state index is -1.68. The molecule has 0 saturated carbocycles. The molecule has 7 nitrogen and oxygen atoms in total. The van der Waals surface area contributed by atoms with Crippen LogP contribution in [-0.2, 0) is 5.67 Å². The highest BCUT2D eigenvalue weighted by Gasteiger charge is 2.38. The number of benzene rings is 1. The number of nitrogens with zero attached hydrogens (tertiary/aromatic N) is 4. The zero-order chi connectivity index (χ0) is 16.9. The summed E-state index contributed by atoms with van der Waals surface area (Å²) in [6.07, 6.45) is 1.00. The van der Waals surface area contributed by atoms with Gasteiger partial charge in [-0.1, -0.05) is 0 Å². The van der Waals surface area contributed by atoms with Crippen LogP contribution in [0.15, 0.2) is 12.1 Å². The van der Waals surface area contributed by atoms with E-state index < -0.39 is 11.5 Å². The van der Waals surface area contributed by atoms with Crippen LogP contribution in [0.3, 0.4) is 0 Å². The average Bonchev–Trinajstić information content (AvgIpc) is 3.03. The smallest absolute Gasteiger partial charge is 0.223 e. The molecule has 126 valence electrons. The van der Waals surface area contributed by atoms with Gasteiger partial charge in [0, 0.05) is 12.6 Å². The number of alkyl halides is 1. The molecule has 3 N–H and O–H groups in total. The van der Waals surface area contributed by atoms with Gasteiger partial charge in [-0.2, -0.15) is 4.52 Å². The second kappa shape index (κ2) is 5.23. The molecule has 0 amide bonds. The van der Waals surface area contributed by atoms with Crippen molar-refractivity contribution in [3.05, 3.63) is 23.8 Å². The lowest BCUT2D eigenvalue weighted by molar-refractivity contribution is 0.111. The molecule has 9 heteroatoms. The zero-order valence-electron chi connectivity index (χ0n) is 13.0. The second-order valence-corrected chi connectivity index (χ2v) is 5.89. The van der Waals surface area contributed by atoms with E-state index in [0.717, 1.165) is 6.54 Å². The van der Waals surface area contributed by atoms with Crippen LogP contribution in [0.25, 0.3) is 16.6 Å². The van der Waals surface area contributed by atoms with E-state index in [2.05, 4.69) is 20.4 Å². The Balaban J connectivity index is 2.00. The quantitative estimate of drug-likeness (QED) is 0.739. The molecule has 4 rings (SSSR count). The molecular weight excluding hydrogens is 318 g/mol. The van der Waals surface area contributed by atoms with E-state index >= 15 is 4.39 Å². The van der Waals surface area contributed by atoms with E-state index in [-0.39, 0.29) is 29.7 Å². The first kappa shape index (κ1) is 15.0. The van der Waals surface area contributed by atoms with Gasteiger partial charge in [0.05, 0.1) is 12.5 Å². The van der Waals surface area contributed by atoms with Crippen molar-refractivity contribution < 1.29 is 13.5 Å². The molecule has 3 aromatic rings. The Morgan fingerprint density at radius 1 is 1.38 bits per heavy atom. The molecule has 24 heavy (non-hydrogen) atoms. The van der Waals surface area contributed by atoms with Gasteiger partial charge in [0.15, 0.2) is 17.1 Å². The predicted octanol–water partition coefficient (Wildman–Crippen LogP) is 1.56. The molecule has 0 spiro atoms. The number of halogens is 2. The Labute approximate surface area is 135 Å². The van der Waals surface area contributed by atoms with E-state index in [1.165, 1.54) is 23.8 Å². The minimum Gasteiger partial charge on any atom is -0.494 e. The molecule has 1 aliphatic rings. The van der Waals surface area contributed by atoms with Gasteiger partial charge in [-0.05, 0) is 25.5 Å². The Kier molecular flexibility index (Phi) is 3.27. The molecule has 1 aromatic carbocycles. The molecule has 1 atom stereocenters. The molecule has 1 fully saturated rings. The van der Waals surface area contributed by atoms with Crippen molar-refractivity contribution in [1.29, 1.82) is 0 Å². The zero-order valence-corrected chi connectivity index (χ0v) is 13.0. The number of methoxy groups -OCH3 is 1. The first-order valence-corrected chi connectivity index (χ1v) is 7.61. The van der Waals surface area contributed by atoms with Gasteiger partial charge >= 0.3 is 0 Å². The molecule has 0 radical (unpaired) electrons. The summed E-state index contributed by atoms with van der Waals surface area (Å²) in [4.78, 5) is 8.51. The Hall–Kier alpha value is -2.55. The summed E-state index contributed by atoms with van der Waals surface area (Å²) >= 11 is 0. The van der Waals surface area contributed by atoms with Crippen LogP contribution >= 0.6 is 0 Å². The van der Waals surface area contributed by atoms with Crippen LogP contribution < -0.4 is 15.8 Å². The predicted molar refractivity (Wildman–Crippen MR) is 84.1 cm³/mol. The standard InChI is InChI=1S/C15H16F2N6O/c1-24-10-6-8(16)5-9-11(10)20-14(18)23-12(9)21-13(22-23)15(17)3-2-4-19-7-15/h5-6,19H,2-4,7H2,1H3,(H2,18,20). The number of fused-ring (bicyclic) bond motifs is 3. The highest BCUT2D eigenvalue weighted by molar-refractivity contribution is 5.95. The number of hydrogen-bond donors (Lipinski definition) is 2. The molecular formula is C15H16F2N6O. The van der Waals surface area contributed by atoms with Gasteiger partial charge in [0.25, 0.3) is 0 Å². The third-order valence-electron chi connectivity index (χ3n) is 4.28. The average molecular weight is 334 g/mol. The van der Waals surface area contributed by atoms with E-state index in [1.54, 1.807) is 0 Å². The van der Waals surface area contributed by atoms with Crippen LogP contribution in [0.5, 0.6) is 5.75 Å². The van der Waals surface area contributed by atoms with Crippen LogP contribution in [0, 0.1) is 5.82 Å². The number of anilines is 1. The first-order valence-electron chi connectivity index (χ1n) is 7.61. The van der Waals surface area contributed by atoms with E-state index in [0.29, 0.717) is 23.7 Å². The van der Waals surface area contributed by atoms with Crippen molar-refractivity contribution in [2.45, 2.75) is 18.5 Å². The summed E-state index contributed by atoms with van der Waals surface area (Å²) in [6, 6.07) is 2.48. The molecule has 1 saturated heterocycles. The SMILES string of the molecule is COc1cc(F)cc2c1nc(N)n1nc(C3(F)CCCNC3)nc21. The van der Waals surface area contributed by atoms with Crippen molar-refractivity contribution in [2.75, 3.05) is 25.9 Å². The summed E-state index contributed by atoms with van der Waals surface area (Å²) in [5.74, 6) is -0.211. The van der Waals surface area contributed by atoms with Gasteiger partial charge in [-0.15, -0.1) is 5.10 Å². The fourth-order valence-corrected chi connectivity index (χ4v) is 3.07. The van der Waals surface area contributed by atoms with Crippen LogP contribution in [0.4, 0.5) is 14.7 Å². The summed E-state index contributed by atoms with van der Waals surface area (Å²) in [5.41, 5.74) is 4.87. The molecule has 1 aliphatic heterocycles. The number of nitrogens with one attached hydrogen (secondary N) is 1. The Bertz CT molecular complexity index is 935. The fourth-order valence-electron chi connectivity index (χ4n) is 3.07. The minimum absolute atomic E-state index is 0.0268. The van der Waals surface area contributed by atoms with Gasteiger partial charge < -0.3 is 15.8 Å². The number of aromatic nitrogens is 4. The third-order valence-corrected chi connectivity index (χ3v) is 4.28. The highest BCUT2D eigenvalue weighted by atomic mass is 19.1. The lowest BCUT2D eigenvalue weighted by Gasteiger charge is -2.27. The Morgan fingerprint density at radius 3 is 2.92 bits per heavy atom. The van der Waals surface area contributed by atoms with Gasteiger partial charge in [0.1, 0.15) is 17.1 Å². The number of hydrogen-bond acceptors (Lipinski definition) is 6. The van der Waals surface area contributed by atoms with Crippen LogP contribution in [0.1, 0.15) is 18.7 Å². The van der Waals surface area contributed by atoms with Gasteiger partial charge in [0.2, 0.25) is 5.95 Å². The van der Waals surface area contributed by atoms with Crippen LogP contribution in [-0.4, -0.2) is 39.8 Å². The maximum atomic E-state index is 15.1. The van der Waals surface area contributed by atoms with Crippen molar-refractivity contribution in [3.8, 4) is 5.75 Å². The van der Waals surface area contributed by atoms with Crippen molar-refractivity contribution in [2.24, 2.45) is 0 Å². The maximum Gasteiger partial charge on any atom is 0.223 e. The van der Waals surface area contributed by atoms with Crippen molar-refractivity contribution >= 4 is 22.5 Å². The van der Waals surface area contributed by atoms with Gasteiger partial charge in [-0.25, -0.2) is 18.7 Å². The lowest BCUT2D eigenvalue weighted by Crippen LogP contribution is -2.40. The monoisotopic (exact) mass is 334 g/mol. The van der Waals surface area contributed by atoms with Crippen molar-refractivity contribution in [3.63, 3.8) is 0 Å². The van der Waals surface area contributed by atoms with E-state index in [1.807, 2.05) is 0 Å². The second-order valence-electron chi connectivity index (χ2n) is 5.89. The number of rotatable bonds is 2. The summed E-state index contributed by atoms with van der Waals surface area (Å²) in [5, 5.41) is 7.56. The fraction of sp³-hybridized carbons (Fsp3) is 0.400. The first-order chi connectivity index (χ1) is 11.5. The van der Waals surface area contributed by atoms with Gasteiger partial charge in [-0.3, -0.25) is 0 Å². The summed E-state index contributed by atoms with van der Waals surface area (Å²) in [7, 11) is 1.41. The Morgan fingerprint density at radius 2 is 2.21 bits per heavy atom.